The number of ether oxygens (including phenoxy) is 1. The number of sulfonamides is 1. The van der Waals surface area contributed by atoms with Gasteiger partial charge in [0.15, 0.2) is 5.96 Å². The van der Waals surface area contributed by atoms with Crippen molar-refractivity contribution in [1.29, 1.82) is 0 Å². The van der Waals surface area contributed by atoms with E-state index in [1.54, 1.807) is 25.8 Å². The van der Waals surface area contributed by atoms with Crippen molar-refractivity contribution in [3.05, 3.63) is 0 Å². The summed E-state index contributed by atoms with van der Waals surface area (Å²) in [5, 5.41) is 6.29. The number of carbonyl (C=O) groups is 1. The largest absolute Gasteiger partial charge is 0.444 e. The van der Waals surface area contributed by atoms with Crippen molar-refractivity contribution in [2.24, 2.45) is 4.99 Å². The predicted molar refractivity (Wildman–Crippen MR) is 98.2 cm³/mol. The van der Waals surface area contributed by atoms with Crippen LogP contribution in [0.1, 0.15) is 34.6 Å². The molecule has 1 fully saturated rings. The summed E-state index contributed by atoms with van der Waals surface area (Å²) in [6.07, 6.45) is 0.800. The number of aliphatic imine (C=N–C) groups is 1. The maximum atomic E-state index is 11.9. The SMILES string of the molecule is CN=C(NCC(C)(C)NS(C)(=O)=O)NC1CN(C(=O)OC(C)(C)C)C1. The average molecular weight is 378 g/mol. The topological polar surface area (TPSA) is 112 Å². The number of rotatable bonds is 5. The molecule has 0 radical (unpaired) electrons. The summed E-state index contributed by atoms with van der Waals surface area (Å²) >= 11 is 0. The molecule has 0 unspecified atom stereocenters. The van der Waals surface area contributed by atoms with Crippen LogP contribution in [0.25, 0.3) is 0 Å². The molecule has 25 heavy (non-hydrogen) atoms. The molecule has 1 aliphatic rings. The van der Waals surface area contributed by atoms with Gasteiger partial charge in [0.1, 0.15) is 5.60 Å². The van der Waals surface area contributed by atoms with Gasteiger partial charge in [-0.25, -0.2) is 17.9 Å². The smallest absolute Gasteiger partial charge is 0.410 e. The van der Waals surface area contributed by atoms with Gasteiger partial charge >= 0.3 is 6.09 Å². The van der Waals surface area contributed by atoms with E-state index >= 15 is 0 Å². The summed E-state index contributed by atoms with van der Waals surface area (Å²) in [5.41, 5.74) is -1.17. The van der Waals surface area contributed by atoms with Gasteiger partial charge in [-0.05, 0) is 34.6 Å². The lowest BCUT2D eigenvalue weighted by atomic mass is 10.1. The second kappa shape index (κ2) is 7.77. The molecule has 3 N–H and O–H groups in total. The number of nitrogens with one attached hydrogen (secondary N) is 3. The Morgan fingerprint density at radius 1 is 1.24 bits per heavy atom. The van der Waals surface area contributed by atoms with Crippen LogP contribution in [0.4, 0.5) is 4.79 Å². The zero-order chi connectivity index (χ0) is 19.5. The van der Waals surface area contributed by atoms with E-state index in [1.165, 1.54) is 0 Å². The van der Waals surface area contributed by atoms with Crippen molar-refractivity contribution in [2.45, 2.75) is 51.8 Å². The fourth-order valence-corrected chi connectivity index (χ4v) is 3.35. The lowest BCUT2D eigenvalue weighted by Gasteiger charge is -2.40. The summed E-state index contributed by atoms with van der Waals surface area (Å²) in [6.45, 7) is 10.5. The van der Waals surface area contributed by atoms with E-state index in [-0.39, 0.29) is 12.1 Å². The molecule has 0 aromatic rings. The molecule has 0 spiro atoms. The molecule has 1 aliphatic heterocycles. The van der Waals surface area contributed by atoms with Gasteiger partial charge in [-0.3, -0.25) is 4.99 Å². The van der Waals surface area contributed by atoms with E-state index in [0.717, 1.165) is 6.26 Å². The molecular weight excluding hydrogens is 346 g/mol. The van der Waals surface area contributed by atoms with Gasteiger partial charge in [-0.2, -0.15) is 0 Å². The number of guanidine groups is 1. The molecule has 0 saturated carbocycles. The van der Waals surface area contributed by atoms with Gasteiger partial charge in [0.05, 0.1) is 12.3 Å². The number of hydrogen-bond donors (Lipinski definition) is 3. The second-order valence-electron chi connectivity index (χ2n) is 7.91. The summed E-state index contributed by atoms with van der Waals surface area (Å²) in [4.78, 5) is 17.6. The molecule has 0 aromatic heterocycles. The van der Waals surface area contributed by atoms with Crippen LogP contribution in [0.2, 0.25) is 0 Å². The molecule has 1 heterocycles. The van der Waals surface area contributed by atoms with Crippen molar-refractivity contribution in [3.8, 4) is 0 Å². The predicted octanol–water partition coefficient (Wildman–Crippen LogP) is 0.0985. The molecular formula is C15H31N5O4S. The number of hydrogen-bond acceptors (Lipinski definition) is 5. The molecule has 0 bridgehead atoms. The molecule has 146 valence electrons. The van der Waals surface area contributed by atoms with Crippen LogP contribution in [0, 0.1) is 0 Å². The highest BCUT2D eigenvalue weighted by Gasteiger charge is 2.34. The summed E-state index contributed by atoms with van der Waals surface area (Å²) < 4.78 is 30.6. The van der Waals surface area contributed by atoms with Crippen LogP contribution >= 0.6 is 0 Å². The van der Waals surface area contributed by atoms with Crippen LogP contribution in [0.5, 0.6) is 0 Å². The lowest BCUT2D eigenvalue weighted by molar-refractivity contribution is 0.00701. The van der Waals surface area contributed by atoms with Gasteiger partial charge < -0.3 is 20.3 Å². The summed E-state index contributed by atoms with van der Waals surface area (Å²) in [7, 11) is -1.66. The van der Waals surface area contributed by atoms with Gasteiger partial charge in [-0.15, -0.1) is 0 Å². The van der Waals surface area contributed by atoms with Gasteiger partial charge in [0.2, 0.25) is 10.0 Å². The summed E-state index contributed by atoms with van der Waals surface area (Å²) in [5.74, 6) is 0.553. The first-order valence-corrected chi connectivity index (χ1v) is 10.0. The lowest BCUT2D eigenvalue weighted by Crippen LogP contribution is -2.64. The van der Waals surface area contributed by atoms with E-state index in [1.807, 2.05) is 20.8 Å². The van der Waals surface area contributed by atoms with E-state index in [0.29, 0.717) is 25.6 Å². The number of likely N-dealkylation sites (tertiary alicyclic amines) is 1. The zero-order valence-corrected chi connectivity index (χ0v) is 17.0. The van der Waals surface area contributed by atoms with E-state index < -0.39 is 21.2 Å². The van der Waals surface area contributed by atoms with Crippen LogP contribution in [-0.2, 0) is 14.8 Å². The van der Waals surface area contributed by atoms with Gasteiger partial charge in [-0.1, -0.05) is 0 Å². The third-order valence-corrected chi connectivity index (χ3v) is 4.18. The number of amides is 1. The van der Waals surface area contributed by atoms with E-state index in [4.69, 9.17) is 4.74 Å². The van der Waals surface area contributed by atoms with E-state index in [9.17, 15) is 13.2 Å². The average Bonchev–Trinajstić information content (AvgIpc) is 2.31. The molecule has 0 aromatic carbocycles. The van der Waals surface area contributed by atoms with Gasteiger partial charge in [0.25, 0.3) is 0 Å². The maximum Gasteiger partial charge on any atom is 0.410 e. The van der Waals surface area contributed by atoms with Crippen LogP contribution in [-0.4, -0.2) is 75.5 Å². The third-order valence-electron chi connectivity index (χ3n) is 3.26. The Bertz CT molecular complexity index is 604. The van der Waals surface area contributed by atoms with Crippen molar-refractivity contribution in [1.82, 2.24) is 20.3 Å². The first-order valence-electron chi connectivity index (χ1n) is 8.15. The Hall–Kier alpha value is -1.55. The molecule has 10 heteroatoms. The molecule has 1 saturated heterocycles. The third kappa shape index (κ3) is 8.39. The van der Waals surface area contributed by atoms with Gasteiger partial charge in [0, 0.05) is 32.2 Å². The Morgan fingerprint density at radius 2 is 1.80 bits per heavy atom. The minimum atomic E-state index is -3.29. The highest BCUT2D eigenvalue weighted by molar-refractivity contribution is 7.88. The highest BCUT2D eigenvalue weighted by Crippen LogP contribution is 2.15. The Labute approximate surface area is 150 Å². The first-order chi connectivity index (χ1) is 11.2. The minimum Gasteiger partial charge on any atom is -0.444 e. The van der Waals surface area contributed by atoms with Crippen LogP contribution in [0.3, 0.4) is 0 Å². The molecule has 1 rings (SSSR count). The van der Waals surface area contributed by atoms with Crippen molar-refractivity contribution in [3.63, 3.8) is 0 Å². The normalized spacial score (nSPS) is 17.1. The fourth-order valence-electron chi connectivity index (χ4n) is 2.28. The fraction of sp³-hybridized carbons (Fsp3) is 0.867. The Balaban J connectivity index is 2.41. The van der Waals surface area contributed by atoms with E-state index in [2.05, 4.69) is 20.3 Å². The van der Waals surface area contributed by atoms with Crippen molar-refractivity contribution >= 4 is 22.1 Å². The highest BCUT2D eigenvalue weighted by atomic mass is 32.2. The van der Waals surface area contributed by atoms with Crippen LogP contribution in [0.15, 0.2) is 4.99 Å². The maximum absolute atomic E-state index is 11.9. The van der Waals surface area contributed by atoms with Crippen molar-refractivity contribution in [2.75, 3.05) is 32.9 Å². The minimum absolute atomic E-state index is 0.0738. The molecule has 9 nitrogen and oxygen atoms in total. The number of nitrogens with zero attached hydrogens (tertiary/aromatic N) is 2. The zero-order valence-electron chi connectivity index (χ0n) is 16.1. The number of carbonyl (C=O) groups excluding carboxylic acids is 1. The molecule has 0 aliphatic carbocycles. The Kier molecular flexibility index (Phi) is 6.68. The van der Waals surface area contributed by atoms with Crippen molar-refractivity contribution < 1.29 is 17.9 Å². The standard InChI is InChI=1S/C15H31N5O4S/c1-14(2,3)24-13(21)20-8-11(9-20)18-12(16-6)17-10-15(4,5)19-25(7,22)23/h11,19H,8-10H2,1-7H3,(H2,16,17,18). The second-order valence-corrected chi connectivity index (χ2v) is 9.66. The Morgan fingerprint density at radius 3 is 2.24 bits per heavy atom. The first kappa shape index (κ1) is 21.5. The quantitative estimate of drug-likeness (QED) is 0.463. The van der Waals surface area contributed by atoms with Crippen LogP contribution < -0.4 is 15.4 Å². The molecule has 1 amide bonds. The monoisotopic (exact) mass is 377 g/mol. The summed E-state index contributed by atoms with van der Waals surface area (Å²) in [6, 6.07) is 0.0738. The molecule has 0 atom stereocenters.